The monoisotopic (exact) mass is 746 g/mol. The summed E-state index contributed by atoms with van der Waals surface area (Å²) in [6.45, 7) is 40.7. The summed E-state index contributed by atoms with van der Waals surface area (Å²) in [4.78, 5) is 0. The van der Waals surface area contributed by atoms with Crippen molar-refractivity contribution < 1.29 is 30.8 Å². The van der Waals surface area contributed by atoms with Gasteiger partial charge in [-0.3, -0.25) is 0 Å². The minimum Gasteiger partial charge on any atom is -0.437 e. The molecule has 0 aromatic rings. The quantitative estimate of drug-likeness (QED) is 0.107. The standard InChI is InChI=1S/C28H74O7Si8/c1-36(2,3)31-41(13,14)34-40(11,12)27-38(7,8)23-19-21-28(25-29,26-30)22-20-24-39(9,10)33-43(17,18)35-42(15,16)32-37(4,5)6/h29-30H,19-27H2,1-18H3. The maximum atomic E-state index is 10.4. The molecule has 0 aliphatic carbocycles. The largest absolute Gasteiger partial charge is 0.437 e. The minimum absolute atomic E-state index is 0.0304. The topological polar surface area (TPSA) is 86.6 Å². The van der Waals surface area contributed by atoms with E-state index in [1.807, 2.05) is 0 Å². The van der Waals surface area contributed by atoms with Gasteiger partial charge in [-0.25, -0.2) is 0 Å². The molecule has 0 aliphatic rings. The Morgan fingerprint density at radius 1 is 0.442 bits per heavy atom. The third-order valence-corrected chi connectivity index (χ3v) is 38.9. The molecule has 43 heavy (non-hydrogen) atoms. The summed E-state index contributed by atoms with van der Waals surface area (Å²) in [5, 5.41) is 20.9. The predicted molar refractivity (Wildman–Crippen MR) is 207 cm³/mol. The molecule has 0 bridgehead atoms. The zero-order valence-corrected chi connectivity index (χ0v) is 39.8. The van der Waals surface area contributed by atoms with Crippen LogP contribution in [0, 0.1) is 5.41 Å². The summed E-state index contributed by atoms with van der Waals surface area (Å²) in [7, 11) is -15.5. The third kappa shape index (κ3) is 21.1. The molecule has 260 valence electrons. The normalized spacial score (nSPS) is 15.3. The second kappa shape index (κ2) is 16.2. The third-order valence-electron chi connectivity index (χ3n) is 7.26. The second-order valence-electron chi connectivity index (χ2n) is 18.3. The molecule has 0 aromatic heterocycles. The van der Waals surface area contributed by atoms with E-state index in [9.17, 15) is 10.2 Å². The molecular formula is C28H74O7Si8. The summed E-state index contributed by atoms with van der Waals surface area (Å²) in [6, 6.07) is 2.17. The van der Waals surface area contributed by atoms with E-state index < -0.39 is 72.4 Å². The van der Waals surface area contributed by atoms with E-state index in [1.54, 1.807) is 0 Å². The summed E-state index contributed by atoms with van der Waals surface area (Å²) in [5.74, 6) is 0. The lowest BCUT2D eigenvalue weighted by Crippen LogP contribution is -2.55. The van der Waals surface area contributed by atoms with Gasteiger partial charge in [-0.15, -0.1) is 0 Å². The van der Waals surface area contributed by atoms with Gasteiger partial charge in [0.15, 0.2) is 33.3 Å². The minimum atomic E-state index is -2.36. The summed E-state index contributed by atoms with van der Waals surface area (Å²) in [6.07, 6.45) is 3.67. The molecule has 0 aromatic carbocycles. The molecular weight excluding hydrogens is 673 g/mol. The Labute approximate surface area is 276 Å². The number of aliphatic hydroxyl groups is 2. The number of rotatable bonds is 22. The van der Waals surface area contributed by atoms with E-state index >= 15 is 0 Å². The number of aliphatic hydroxyl groups excluding tert-OH is 2. The molecule has 0 radical (unpaired) electrons. The van der Waals surface area contributed by atoms with Gasteiger partial charge < -0.3 is 30.8 Å². The molecule has 0 aliphatic heterocycles. The number of hydrogen-bond donors (Lipinski definition) is 2. The maximum Gasteiger partial charge on any atom is 0.312 e. The first-order valence-corrected chi connectivity index (χ1v) is 41.4. The van der Waals surface area contributed by atoms with E-state index in [0.717, 1.165) is 31.7 Å². The molecule has 0 fully saturated rings. The van der Waals surface area contributed by atoms with Crippen molar-refractivity contribution in [2.45, 2.75) is 161 Å². The highest BCUT2D eigenvalue weighted by Gasteiger charge is 2.43. The van der Waals surface area contributed by atoms with Crippen molar-refractivity contribution in [3.05, 3.63) is 0 Å². The van der Waals surface area contributed by atoms with Crippen LogP contribution in [0.2, 0.25) is 136 Å². The van der Waals surface area contributed by atoms with Crippen molar-refractivity contribution in [1.29, 1.82) is 0 Å². The van der Waals surface area contributed by atoms with E-state index in [2.05, 4.69) is 118 Å². The van der Waals surface area contributed by atoms with Gasteiger partial charge in [-0.05, 0) is 129 Å². The Balaban J connectivity index is 5.11. The molecule has 0 saturated carbocycles. The molecule has 0 heterocycles. The Kier molecular flexibility index (Phi) is 16.8. The van der Waals surface area contributed by atoms with Crippen LogP contribution in [0.1, 0.15) is 25.7 Å². The van der Waals surface area contributed by atoms with Crippen LogP contribution in [-0.4, -0.2) is 90.5 Å². The maximum absolute atomic E-state index is 10.4. The molecule has 0 saturated heterocycles. The van der Waals surface area contributed by atoms with Gasteiger partial charge in [-0.1, -0.05) is 32.0 Å². The van der Waals surface area contributed by atoms with Crippen LogP contribution in [0.3, 0.4) is 0 Å². The van der Waals surface area contributed by atoms with Gasteiger partial charge in [0, 0.05) is 13.5 Å². The van der Waals surface area contributed by atoms with Crippen LogP contribution in [0.15, 0.2) is 0 Å². The first kappa shape index (κ1) is 44.5. The Bertz CT molecular complexity index is 770. The number of hydrogen-bond acceptors (Lipinski definition) is 7. The zero-order valence-electron chi connectivity index (χ0n) is 31.8. The zero-order chi connectivity index (χ0) is 34.4. The fourth-order valence-electron chi connectivity index (χ4n) is 7.11. The first-order chi connectivity index (χ1) is 18.8. The van der Waals surface area contributed by atoms with Crippen molar-refractivity contribution in [3.63, 3.8) is 0 Å². The molecule has 0 atom stereocenters. The summed E-state index contributed by atoms with van der Waals surface area (Å²) < 4.78 is 33.1. The van der Waals surface area contributed by atoms with Crippen LogP contribution in [-0.2, 0) is 20.6 Å². The average Bonchev–Trinajstić information content (AvgIpc) is 2.64. The van der Waals surface area contributed by atoms with Crippen LogP contribution >= 0.6 is 0 Å². The molecule has 0 rings (SSSR count). The van der Waals surface area contributed by atoms with E-state index in [-0.39, 0.29) is 13.2 Å². The van der Waals surface area contributed by atoms with Gasteiger partial charge in [0.05, 0.1) is 13.2 Å². The average molecular weight is 748 g/mol. The Morgan fingerprint density at radius 2 is 0.791 bits per heavy atom. The molecule has 15 heteroatoms. The first-order valence-electron chi connectivity index (χ1n) is 16.5. The van der Waals surface area contributed by atoms with E-state index in [0.29, 0.717) is 0 Å². The van der Waals surface area contributed by atoms with E-state index in [4.69, 9.17) is 20.6 Å². The van der Waals surface area contributed by atoms with Gasteiger partial charge in [-0.2, -0.15) is 0 Å². The smallest absolute Gasteiger partial charge is 0.312 e. The fraction of sp³-hybridized carbons (Fsp3) is 1.00. The van der Waals surface area contributed by atoms with Gasteiger partial charge in [0.1, 0.15) is 0 Å². The van der Waals surface area contributed by atoms with E-state index in [1.165, 1.54) is 11.7 Å². The van der Waals surface area contributed by atoms with Gasteiger partial charge in [0.25, 0.3) is 0 Å². The molecule has 7 nitrogen and oxygen atoms in total. The molecule has 0 unspecified atom stereocenters. The molecule has 0 amide bonds. The lowest BCUT2D eigenvalue weighted by Gasteiger charge is -2.41. The van der Waals surface area contributed by atoms with Crippen LogP contribution in [0.4, 0.5) is 0 Å². The van der Waals surface area contributed by atoms with Crippen molar-refractivity contribution in [3.8, 4) is 0 Å². The predicted octanol–water partition coefficient (Wildman–Crippen LogP) is 9.03. The molecule has 0 spiro atoms. The molecule has 2 N–H and O–H groups in total. The van der Waals surface area contributed by atoms with Gasteiger partial charge in [0.2, 0.25) is 0 Å². The Hall–Kier alpha value is 1.46. The summed E-state index contributed by atoms with van der Waals surface area (Å²) >= 11 is 0. The fourth-order valence-corrected chi connectivity index (χ4v) is 49.4. The second-order valence-corrected chi connectivity index (χ2v) is 53.0. The van der Waals surface area contributed by atoms with Crippen LogP contribution in [0.25, 0.3) is 0 Å². The highest BCUT2D eigenvalue weighted by Crippen LogP contribution is 2.36. The lowest BCUT2D eigenvalue weighted by atomic mass is 9.81. The highest BCUT2D eigenvalue weighted by atomic mass is 28.5. The van der Waals surface area contributed by atoms with Crippen molar-refractivity contribution in [2.75, 3.05) is 13.2 Å². The van der Waals surface area contributed by atoms with Crippen LogP contribution in [0.5, 0.6) is 0 Å². The summed E-state index contributed by atoms with van der Waals surface area (Å²) in [5.41, 5.74) is 0.778. The van der Waals surface area contributed by atoms with Crippen LogP contribution < -0.4 is 0 Å². The van der Waals surface area contributed by atoms with Crippen molar-refractivity contribution in [1.82, 2.24) is 0 Å². The van der Waals surface area contributed by atoms with Crippen molar-refractivity contribution >= 4 is 67.0 Å². The Morgan fingerprint density at radius 3 is 1.19 bits per heavy atom. The van der Waals surface area contributed by atoms with Crippen molar-refractivity contribution in [2.24, 2.45) is 5.41 Å². The highest BCUT2D eigenvalue weighted by molar-refractivity contribution is 6.96. The lowest BCUT2D eigenvalue weighted by molar-refractivity contribution is 0.0382. The van der Waals surface area contributed by atoms with Gasteiger partial charge >= 0.3 is 25.7 Å². The SMILES string of the molecule is C[Si](C)(CCCC(CO)(CO)CCC[Si](C)(C)O[Si](C)(C)O[Si](C)(C)O[Si](C)(C)C)C[Si](C)(C)O[Si](C)(C)O[Si](C)(C)C.